The highest BCUT2D eigenvalue weighted by Crippen LogP contribution is 2.20. The normalized spacial score (nSPS) is 16.6. The van der Waals surface area contributed by atoms with Crippen LogP contribution in [0.25, 0.3) is 0 Å². The third-order valence-corrected chi connectivity index (χ3v) is 5.12. The van der Waals surface area contributed by atoms with Crippen molar-refractivity contribution in [2.45, 2.75) is 53.2 Å². The van der Waals surface area contributed by atoms with E-state index in [1.165, 1.54) is 5.69 Å². The first kappa shape index (κ1) is 20.1. The molecule has 1 aromatic carbocycles. The summed E-state index contributed by atoms with van der Waals surface area (Å²) in [6.07, 6.45) is 4.21. The minimum atomic E-state index is -0.287. The second-order valence-electron chi connectivity index (χ2n) is 7.42. The summed E-state index contributed by atoms with van der Waals surface area (Å²) in [6, 6.07) is 8.00. The second-order valence-corrected chi connectivity index (χ2v) is 7.42. The van der Waals surface area contributed by atoms with Gasteiger partial charge in [0.1, 0.15) is 5.75 Å². The van der Waals surface area contributed by atoms with Crippen LogP contribution in [-0.4, -0.2) is 36.0 Å². The number of amides is 1. The zero-order valence-corrected chi connectivity index (χ0v) is 17.1. The van der Waals surface area contributed by atoms with Gasteiger partial charge in [0, 0.05) is 30.1 Å². The maximum Gasteiger partial charge on any atom is 0.277 e. The Morgan fingerprint density at radius 2 is 2.14 bits per heavy atom. The Kier molecular flexibility index (Phi) is 6.52. The molecular formula is C22H29N3O3. The summed E-state index contributed by atoms with van der Waals surface area (Å²) < 4.78 is 13.6. The molecule has 1 atom stereocenters. The second kappa shape index (κ2) is 9.06. The molecule has 1 fully saturated rings. The van der Waals surface area contributed by atoms with Crippen molar-refractivity contribution >= 4 is 12.1 Å². The molecule has 3 rings (SSSR count). The van der Waals surface area contributed by atoms with Crippen LogP contribution >= 0.6 is 0 Å². The molecule has 0 bridgehead atoms. The highest BCUT2D eigenvalue weighted by atomic mass is 16.5. The van der Waals surface area contributed by atoms with Crippen LogP contribution in [0, 0.1) is 27.7 Å². The Balaban J connectivity index is 1.54. The molecule has 0 saturated carbocycles. The largest absolute Gasteiger partial charge is 0.483 e. The number of nitrogens with one attached hydrogen (secondary N) is 1. The molecule has 0 radical (unpaired) electrons. The molecule has 1 aromatic heterocycles. The highest BCUT2D eigenvalue weighted by molar-refractivity contribution is 5.84. The smallest absolute Gasteiger partial charge is 0.277 e. The van der Waals surface area contributed by atoms with Crippen molar-refractivity contribution < 1.29 is 14.3 Å². The molecule has 6 heteroatoms. The van der Waals surface area contributed by atoms with Crippen molar-refractivity contribution in [3.63, 3.8) is 0 Å². The maximum absolute atomic E-state index is 12.0. The van der Waals surface area contributed by atoms with E-state index in [-0.39, 0.29) is 18.6 Å². The number of benzene rings is 1. The van der Waals surface area contributed by atoms with Gasteiger partial charge < -0.3 is 14.0 Å². The zero-order chi connectivity index (χ0) is 20.1. The molecule has 1 aliphatic heterocycles. The number of aromatic nitrogens is 1. The standard InChI is InChI=1S/C22H29N3O3/c1-15-7-8-16(2)21(10-15)28-14-22(26)24-23-12-19-11-17(3)25(18(19)4)13-20-6-5-9-27-20/h7-8,10-12,20H,5-6,9,13-14H2,1-4H3,(H,24,26)/b23-12-/t20-/m0/s1. The number of nitrogens with zero attached hydrogens (tertiary/aromatic N) is 2. The van der Waals surface area contributed by atoms with Gasteiger partial charge in [-0.15, -0.1) is 0 Å². The molecule has 1 aliphatic rings. The molecule has 2 heterocycles. The van der Waals surface area contributed by atoms with Crippen LogP contribution in [0.1, 0.15) is 40.9 Å². The molecule has 0 aliphatic carbocycles. The fraction of sp³-hybridized carbons (Fsp3) is 0.455. The minimum absolute atomic E-state index is 0.0698. The quantitative estimate of drug-likeness (QED) is 0.588. The summed E-state index contributed by atoms with van der Waals surface area (Å²) in [7, 11) is 0. The minimum Gasteiger partial charge on any atom is -0.483 e. The number of carbonyl (C=O) groups is 1. The van der Waals surface area contributed by atoms with Gasteiger partial charge in [0.15, 0.2) is 6.61 Å². The number of carbonyl (C=O) groups excluding carboxylic acids is 1. The van der Waals surface area contributed by atoms with E-state index < -0.39 is 0 Å². The average molecular weight is 383 g/mol. The highest BCUT2D eigenvalue weighted by Gasteiger charge is 2.18. The van der Waals surface area contributed by atoms with Crippen LogP contribution in [0.2, 0.25) is 0 Å². The van der Waals surface area contributed by atoms with Gasteiger partial charge in [-0.2, -0.15) is 5.10 Å². The predicted molar refractivity (Wildman–Crippen MR) is 110 cm³/mol. The van der Waals surface area contributed by atoms with Gasteiger partial charge in [-0.05, 0) is 63.8 Å². The van der Waals surface area contributed by atoms with Gasteiger partial charge in [-0.1, -0.05) is 12.1 Å². The molecule has 2 aromatic rings. The van der Waals surface area contributed by atoms with Crippen molar-refractivity contribution in [3.05, 3.63) is 52.3 Å². The Morgan fingerprint density at radius 3 is 2.89 bits per heavy atom. The third-order valence-electron chi connectivity index (χ3n) is 5.12. The first-order valence-electron chi connectivity index (χ1n) is 9.74. The van der Waals surface area contributed by atoms with Gasteiger partial charge in [-0.25, -0.2) is 5.43 Å². The van der Waals surface area contributed by atoms with E-state index in [9.17, 15) is 4.79 Å². The van der Waals surface area contributed by atoms with Gasteiger partial charge >= 0.3 is 0 Å². The van der Waals surface area contributed by atoms with Gasteiger partial charge in [0.2, 0.25) is 0 Å². The fourth-order valence-electron chi connectivity index (χ4n) is 3.44. The van der Waals surface area contributed by atoms with E-state index >= 15 is 0 Å². The average Bonchev–Trinajstić information content (AvgIpc) is 3.27. The molecule has 28 heavy (non-hydrogen) atoms. The summed E-state index contributed by atoms with van der Waals surface area (Å²) in [5.74, 6) is 0.433. The van der Waals surface area contributed by atoms with E-state index in [4.69, 9.17) is 9.47 Å². The van der Waals surface area contributed by atoms with Crippen LogP contribution in [0.5, 0.6) is 5.75 Å². The monoisotopic (exact) mass is 383 g/mol. The first-order chi connectivity index (χ1) is 13.4. The predicted octanol–water partition coefficient (Wildman–Crippen LogP) is 3.43. The lowest BCUT2D eigenvalue weighted by atomic mass is 10.1. The Hall–Kier alpha value is -2.60. The van der Waals surface area contributed by atoms with Crippen LogP contribution in [0.4, 0.5) is 0 Å². The molecule has 1 saturated heterocycles. The molecule has 0 spiro atoms. The van der Waals surface area contributed by atoms with Gasteiger partial charge in [-0.3, -0.25) is 4.79 Å². The van der Waals surface area contributed by atoms with Crippen LogP contribution in [0.3, 0.4) is 0 Å². The number of rotatable bonds is 7. The van der Waals surface area contributed by atoms with Crippen LogP contribution < -0.4 is 10.2 Å². The van der Waals surface area contributed by atoms with E-state index in [1.807, 2.05) is 32.0 Å². The third kappa shape index (κ3) is 5.01. The number of hydrogen-bond acceptors (Lipinski definition) is 4. The van der Waals surface area contributed by atoms with Crippen LogP contribution in [0.15, 0.2) is 29.4 Å². The first-order valence-corrected chi connectivity index (χ1v) is 9.74. The van der Waals surface area contributed by atoms with Crippen molar-refractivity contribution in [1.29, 1.82) is 0 Å². The summed E-state index contributed by atoms with van der Waals surface area (Å²) in [5.41, 5.74) is 7.91. The van der Waals surface area contributed by atoms with Gasteiger partial charge in [0.25, 0.3) is 5.91 Å². The Morgan fingerprint density at radius 1 is 1.32 bits per heavy atom. The lowest BCUT2D eigenvalue weighted by molar-refractivity contribution is -0.123. The summed E-state index contributed by atoms with van der Waals surface area (Å²) >= 11 is 0. The summed E-state index contributed by atoms with van der Waals surface area (Å²) in [4.78, 5) is 12.0. The van der Waals surface area contributed by atoms with E-state index in [0.29, 0.717) is 0 Å². The summed E-state index contributed by atoms with van der Waals surface area (Å²) in [5, 5.41) is 4.09. The number of hydrogen-bond donors (Lipinski definition) is 1. The molecule has 150 valence electrons. The lowest BCUT2D eigenvalue weighted by Gasteiger charge is -2.14. The van der Waals surface area contributed by atoms with Crippen molar-refractivity contribution in [1.82, 2.24) is 9.99 Å². The Bertz CT molecular complexity index is 864. The molecule has 1 amide bonds. The molecule has 0 unspecified atom stereocenters. The number of ether oxygens (including phenoxy) is 2. The van der Waals surface area contributed by atoms with Crippen molar-refractivity contribution in [2.75, 3.05) is 13.2 Å². The summed E-state index contributed by atoms with van der Waals surface area (Å²) in [6.45, 7) is 9.74. The number of hydrazone groups is 1. The SMILES string of the molecule is Cc1ccc(C)c(OCC(=O)N/N=C\c2cc(C)n(C[C@@H]3CCCO3)c2C)c1. The lowest BCUT2D eigenvalue weighted by Crippen LogP contribution is -2.24. The maximum atomic E-state index is 12.0. The molecule has 1 N–H and O–H groups in total. The van der Waals surface area contributed by atoms with Gasteiger partial charge in [0.05, 0.1) is 12.3 Å². The van der Waals surface area contributed by atoms with E-state index in [1.54, 1.807) is 6.21 Å². The Labute approximate surface area is 166 Å². The van der Waals surface area contributed by atoms with Crippen LogP contribution in [-0.2, 0) is 16.1 Å². The number of aryl methyl sites for hydroxylation is 3. The van der Waals surface area contributed by atoms with Crippen molar-refractivity contribution in [2.24, 2.45) is 5.10 Å². The van der Waals surface area contributed by atoms with E-state index in [2.05, 4.69) is 35.0 Å². The molecular weight excluding hydrogens is 354 g/mol. The van der Waals surface area contributed by atoms with Crippen molar-refractivity contribution in [3.8, 4) is 5.75 Å². The molecule has 6 nitrogen and oxygen atoms in total. The zero-order valence-electron chi connectivity index (χ0n) is 17.1. The topological polar surface area (TPSA) is 64.8 Å². The van der Waals surface area contributed by atoms with E-state index in [0.717, 1.165) is 54.1 Å². The fourth-order valence-corrected chi connectivity index (χ4v) is 3.44.